The summed E-state index contributed by atoms with van der Waals surface area (Å²) in [5.41, 5.74) is 2.85. The SMILES string of the molecule is CCc1ccc(CC(=O)C2(c3ccc4c(c3)OC(F)(F)O4)CC2)nc1-c1cccc(C(=O)O)c1.[HH]. The number of ether oxygens (including phenoxy) is 2. The first kappa shape index (κ1) is 22.0. The lowest BCUT2D eigenvalue weighted by molar-refractivity contribution is -0.286. The number of aryl methyl sites for hydroxylation is 1. The molecular weight excluding hydrogens is 444 g/mol. The van der Waals surface area contributed by atoms with Gasteiger partial charge in [0.15, 0.2) is 11.5 Å². The van der Waals surface area contributed by atoms with Gasteiger partial charge in [-0.2, -0.15) is 0 Å². The van der Waals surface area contributed by atoms with Crippen LogP contribution in [-0.2, 0) is 23.1 Å². The smallest absolute Gasteiger partial charge is 0.478 e. The number of nitrogens with zero attached hydrogens (tertiary/aromatic N) is 1. The highest BCUT2D eigenvalue weighted by Crippen LogP contribution is 2.52. The Morgan fingerprint density at radius 3 is 2.53 bits per heavy atom. The van der Waals surface area contributed by atoms with Gasteiger partial charge in [0.2, 0.25) is 0 Å². The Morgan fingerprint density at radius 2 is 1.82 bits per heavy atom. The van der Waals surface area contributed by atoms with Gasteiger partial charge in [-0.05, 0) is 60.7 Å². The number of fused-ring (bicyclic) bond motifs is 1. The van der Waals surface area contributed by atoms with Crippen molar-refractivity contribution in [2.24, 2.45) is 0 Å². The summed E-state index contributed by atoms with van der Waals surface area (Å²) in [5, 5.41) is 9.32. The summed E-state index contributed by atoms with van der Waals surface area (Å²) in [6.07, 6.45) is -1.72. The molecule has 1 saturated carbocycles. The van der Waals surface area contributed by atoms with Crippen LogP contribution in [0, 0.1) is 0 Å². The summed E-state index contributed by atoms with van der Waals surface area (Å²) < 4.78 is 35.8. The molecule has 1 fully saturated rings. The van der Waals surface area contributed by atoms with E-state index in [1.54, 1.807) is 30.3 Å². The van der Waals surface area contributed by atoms with Crippen LogP contribution in [0.5, 0.6) is 11.5 Å². The highest BCUT2D eigenvalue weighted by Gasteiger charge is 2.52. The number of carboxylic acids is 1. The Morgan fingerprint density at radius 1 is 1.06 bits per heavy atom. The van der Waals surface area contributed by atoms with E-state index in [-0.39, 0.29) is 30.7 Å². The zero-order valence-electron chi connectivity index (χ0n) is 18.3. The van der Waals surface area contributed by atoms with Crippen molar-refractivity contribution >= 4 is 11.8 Å². The minimum atomic E-state index is -3.71. The van der Waals surface area contributed by atoms with Gasteiger partial charge < -0.3 is 14.6 Å². The van der Waals surface area contributed by atoms with Crippen molar-refractivity contribution in [3.05, 3.63) is 77.0 Å². The van der Waals surface area contributed by atoms with Crippen LogP contribution in [0.2, 0.25) is 0 Å². The first-order chi connectivity index (χ1) is 16.2. The molecule has 1 aromatic heterocycles. The van der Waals surface area contributed by atoms with E-state index in [0.29, 0.717) is 41.8 Å². The standard InChI is InChI=1S/C26H21F2NO5.H2/c1-2-15-6-8-19(29-23(15)16-4-3-5-17(12-16)24(31)32)14-22(30)25(10-11-25)18-7-9-20-21(13-18)34-26(27,28)33-20;/h3-9,12-13H,2,10-11,14H2,1H3,(H,31,32);1H. The maximum Gasteiger partial charge on any atom is 0.586 e. The van der Waals surface area contributed by atoms with Gasteiger partial charge in [0, 0.05) is 19.1 Å². The second kappa shape index (κ2) is 7.90. The number of pyridine rings is 1. The van der Waals surface area contributed by atoms with Crippen molar-refractivity contribution in [1.82, 2.24) is 4.98 Å². The van der Waals surface area contributed by atoms with Crippen LogP contribution in [0.25, 0.3) is 11.3 Å². The molecule has 0 amide bonds. The largest absolute Gasteiger partial charge is 0.586 e. The van der Waals surface area contributed by atoms with E-state index in [1.807, 2.05) is 13.0 Å². The zero-order chi connectivity index (χ0) is 24.1. The fourth-order valence-corrected chi connectivity index (χ4v) is 4.40. The van der Waals surface area contributed by atoms with Gasteiger partial charge in [-0.3, -0.25) is 9.78 Å². The second-order valence-corrected chi connectivity index (χ2v) is 8.56. The first-order valence-electron chi connectivity index (χ1n) is 11.0. The van der Waals surface area contributed by atoms with Crippen molar-refractivity contribution in [2.45, 2.75) is 44.3 Å². The molecule has 1 aliphatic carbocycles. The molecule has 2 aliphatic rings. The topological polar surface area (TPSA) is 85.7 Å². The number of ketones is 1. The van der Waals surface area contributed by atoms with Gasteiger partial charge in [-0.25, -0.2) is 4.79 Å². The van der Waals surface area contributed by atoms with Crippen LogP contribution in [0.4, 0.5) is 8.78 Å². The van der Waals surface area contributed by atoms with Gasteiger partial charge >= 0.3 is 12.3 Å². The number of carboxylic acid groups (broad SMARTS) is 1. The molecule has 2 aromatic carbocycles. The molecule has 5 rings (SSSR count). The van der Waals surface area contributed by atoms with Gasteiger partial charge in [-0.15, -0.1) is 8.78 Å². The van der Waals surface area contributed by atoms with Crippen LogP contribution in [0.15, 0.2) is 54.6 Å². The number of benzene rings is 2. The van der Waals surface area contributed by atoms with Crippen LogP contribution in [0.3, 0.4) is 0 Å². The van der Waals surface area contributed by atoms with E-state index in [2.05, 4.69) is 9.47 Å². The summed E-state index contributed by atoms with van der Waals surface area (Å²) in [6, 6.07) is 14.7. The lowest BCUT2D eigenvalue weighted by Gasteiger charge is -2.16. The third-order valence-corrected chi connectivity index (χ3v) is 6.38. The van der Waals surface area contributed by atoms with Crippen LogP contribution < -0.4 is 9.47 Å². The minimum absolute atomic E-state index is 0. The van der Waals surface area contributed by atoms with Crippen molar-refractivity contribution in [3.8, 4) is 22.8 Å². The zero-order valence-corrected chi connectivity index (χ0v) is 18.3. The van der Waals surface area contributed by atoms with Gasteiger partial charge in [-0.1, -0.05) is 31.2 Å². The molecule has 0 atom stereocenters. The van der Waals surface area contributed by atoms with Gasteiger partial charge in [0.1, 0.15) is 5.78 Å². The normalized spacial score (nSPS) is 16.8. The fourth-order valence-electron chi connectivity index (χ4n) is 4.40. The molecule has 0 unspecified atom stereocenters. The summed E-state index contributed by atoms with van der Waals surface area (Å²) in [6.45, 7) is 1.98. The third kappa shape index (κ3) is 3.89. The van der Waals surface area contributed by atoms with Gasteiger partial charge in [0.05, 0.1) is 16.7 Å². The molecule has 0 saturated heterocycles. The molecule has 34 heavy (non-hydrogen) atoms. The second-order valence-electron chi connectivity index (χ2n) is 8.56. The Hall–Kier alpha value is -3.81. The Labute approximate surface area is 195 Å². The molecule has 1 aliphatic heterocycles. The summed E-state index contributed by atoms with van der Waals surface area (Å²) in [7, 11) is 0. The van der Waals surface area contributed by atoms with E-state index < -0.39 is 17.7 Å². The lowest BCUT2D eigenvalue weighted by atomic mass is 9.88. The van der Waals surface area contributed by atoms with E-state index in [0.717, 1.165) is 5.56 Å². The average Bonchev–Trinajstić information content (AvgIpc) is 3.56. The molecule has 0 bridgehead atoms. The Balaban J connectivity index is 0.00000289. The molecule has 176 valence electrons. The first-order valence-corrected chi connectivity index (χ1v) is 11.0. The molecule has 2 heterocycles. The maximum atomic E-state index is 13.4. The molecule has 0 spiro atoms. The number of hydrogen-bond donors (Lipinski definition) is 1. The molecule has 0 radical (unpaired) electrons. The number of aromatic carboxylic acids is 1. The van der Waals surface area contributed by atoms with E-state index >= 15 is 0 Å². The van der Waals surface area contributed by atoms with Crippen LogP contribution in [-0.4, -0.2) is 28.1 Å². The van der Waals surface area contributed by atoms with Crippen LogP contribution >= 0.6 is 0 Å². The van der Waals surface area contributed by atoms with Crippen molar-refractivity contribution < 1.29 is 34.4 Å². The molecular formula is C26H23F2NO5. The van der Waals surface area contributed by atoms with Gasteiger partial charge in [0.25, 0.3) is 0 Å². The number of carbonyl (C=O) groups excluding carboxylic acids is 1. The summed E-state index contributed by atoms with van der Waals surface area (Å²) in [5.74, 6) is -1.21. The summed E-state index contributed by atoms with van der Waals surface area (Å²) in [4.78, 5) is 29.4. The Bertz CT molecular complexity index is 1320. The molecule has 6 nitrogen and oxygen atoms in total. The Kier molecular flexibility index (Phi) is 5.11. The number of rotatable bonds is 7. The number of Topliss-reactive ketones (excluding diaryl/α,β-unsaturated/α-hetero) is 1. The number of hydrogen-bond acceptors (Lipinski definition) is 5. The quantitative estimate of drug-likeness (QED) is 0.499. The average molecular weight is 467 g/mol. The highest BCUT2D eigenvalue weighted by atomic mass is 19.3. The van der Waals surface area contributed by atoms with Crippen molar-refractivity contribution in [3.63, 3.8) is 0 Å². The number of aromatic nitrogens is 1. The number of carbonyl (C=O) groups is 2. The van der Waals surface area contributed by atoms with Crippen molar-refractivity contribution in [2.75, 3.05) is 0 Å². The molecule has 3 aromatic rings. The molecule has 8 heteroatoms. The van der Waals surface area contributed by atoms with E-state index in [9.17, 15) is 23.5 Å². The summed E-state index contributed by atoms with van der Waals surface area (Å²) >= 11 is 0. The highest BCUT2D eigenvalue weighted by molar-refractivity contribution is 5.94. The number of alkyl halides is 2. The van der Waals surface area contributed by atoms with E-state index in [1.165, 1.54) is 18.2 Å². The number of halogens is 2. The van der Waals surface area contributed by atoms with E-state index in [4.69, 9.17) is 4.98 Å². The lowest BCUT2D eigenvalue weighted by Crippen LogP contribution is -2.26. The molecule has 1 N–H and O–H groups in total. The minimum Gasteiger partial charge on any atom is -0.478 e. The van der Waals surface area contributed by atoms with Crippen molar-refractivity contribution in [1.29, 1.82) is 0 Å². The predicted molar refractivity (Wildman–Crippen MR) is 120 cm³/mol. The predicted octanol–water partition coefficient (Wildman–Crippen LogP) is 5.42. The fraction of sp³-hybridized carbons (Fsp3) is 0.269. The monoisotopic (exact) mass is 467 g/mol. The third-order valence-electron chi connectivity index (χ3n) is 6.38. The maximum absolute atomic E-state index is 13.4. The van der Waals surface area contributed by atoms with Crippen LogP contribution in [0.1, 0.15) is 48.4 Å².